The van der Waals surface area contributed by atoms with Crippen LogP contribution >= 0.6 is 0 Å². The van der Waals surface area contributed by atoms with E-state index in [0.29, 0.717) is 0 Å². The third kappa shape index (κ3) is 595. The zero-order valence-corrected chi connectivity index (χ0v) is 13.2. The van der Waals surface area contributed by atoms with Crippen LogP contribution in [0.1, 0.15) is 0 Å². The molecule has 0 N–H and O–H groups in total. The molecule has 0 saturated carbocycles. The standard InChI is InChI=1S/C6H6.2CHF3.3BF4.K.H/c1-2-4-6-5-3-1;2*2-1(3)4;3*2-1(3,4)5;;/h1-6H;2*1H;;;;;/q;;;3*-1;;. The molecule has 0 heterocycles. The molecule has 0 aliphatic heterocycles. The van der Waals surface area contributed by atoms with Crippen LogP contribution in [0.2, 0.25) is 0 Å². The van der Waals surface area contributed by atoms with Crippen LogP contribution in [-0.2, 0) is 0 Å². The summed E-state index contributed by atoms with van der Waals surface area (Å²) in [5, 5.41) is 0. The summed E-state index contributed by atoms with van der Waals surface area (Å²) in [5.41, 5.74) is 0. The van der Waals surface area contributed by atoms with Crippen molar-refractivity contribution in [2.45, 2.75) is 13.4 Å². The Kier molecular flexibility index (Phi) is 36.4. The molecule has 1 aromatic carbocycles. The van der Waals surface area contributed by atoms with Crippen LogP contribution in [0.15, 0.2) is 36.4 Å². The summed E-state index contributed by atoms with van der Waals surface area (Å²) in [4.78, 5) is 0. The minimum atomic E-state index is -6.00. The summed E-state index contributed by atoms with van der Waals surface area (Å²) in [6.07, 6.45) is 0. The molecule has 0 aliphatic rings. The van der Waals surface area contributed by atoms with Gasteiger partial charge in [0.05, 0.1) is 0 Å². The van der Waals surface area contributed by atoms with Crippen LogP contribution in [0.3, 0.4) is 0 Å². The molecular formula is C8H9B3F18K-3. The van der Waals surface area contributed by atoms with E-state index in [1.165, 1.54) is 0 Å². The normalized spacial score (nSPS) is 10.0. The predicted molar refractivity (Wildman–Crippen MR) is 78.4 cm³/mol. The zero-order chi connectivity index (χ0) is 24.9. The molecule has 0 radical (unpaired) electrons. The van der Waals surface area contributed by atoms with Crippen LogP contribution in [0.5, 0.6) is 0 Å². The molecule has 22 heteroatoms. The zero-order valence-electron chi connectivity index (χ0n) is 13.2. The van der Waals surface area contributed by atoms with Crippen molar-refractivity contribution in [1.29, 1.82) is 0 Å². The van der Waals surface area contributed by atoms with E-state index in [0.717, 1.165) is 0 Å². The molecule has 180 valence electrons. The molecule has 0 bridgehead atoms. The van der Waals surface area contributed by atoms with E-state index in [4.69, 9.17) is 0 Å². The number of halogens is 18. The molecule has 0 nitrogen and oxygen atoms in total. The van der Waals surface area contributed by atoms with Crippen LogP contribution in [0, 0.1) is 0 Å². The van der Waals surface area contributed by atoms with Crippen molar-refractivity contribution in [1.82, 2.24) is 0 Å². The first-order chi connectivity index (χ1) is 12.5. The third-order valence-corrected chi connectivity index (χ3v) is 0.667. The summed E-state index contributed by atoms with van der Waals surface area (Å²) in [5.74, 6) is 0. The first kappa shape index (κ1) is 43.6. The maximum Gasteiger partial charge on any atom is -0.0623 e. The van der Waals surface area contributed by atoms with Crippen LogP contribution < -0.4 is 0 Å². The average Bonchev–Trinajstić information content (AvgIpc) is 2.33. The Hall–Kier alpha value is -0.209. The molecule has 0 aliphatic carbocycles. The van der Waals surface area contributed by atoms with Gasteiger partial charge < -0.3 is 51.8 Å². The molecule has 0 unspecified atom stereocenters. The van der Waals surface area contributed by atoms with E-state index in [1.54, 1.807) is 0 Å². The fraction of sp³-hybridized carbons (Fsp3) is 0.250. The van der Waals surface area contributed by atoms with Gasteiger partial charge in [-0.2, -0.15) is 26.3 Å². The van der Waals surface area contributed by atoms with Gasteiger partial charge in [-0.3, -0.25) is 0 Å². The maximum absolute atomic E-state index is 9.75. The number of hydrogen-bond acceptors (Lipinski definition) is 0. The predicted octanol–water partition coefficient (Wildman–Crippen LogP) is 7.30. The third-order valence-electron chi connectivity index (χ3n) is 0.667. The summed E-state index contributed by atoms with van der Waals surface area (Å²) < 4.78 is 175. The number of rotatable bonds is 0. The Morgan fingerprint density at radius 3 is 0.400 bits per heavy atom. The van der Waals surface area contributed by atoms with Crippen LogP contribution in [0.4, 0.5) is 78.1 Å². The first-order valence-electron chi connectivity index (χ1n) is 5.93. The first-order valence-corrected chi connectivity index (χ1v) is 5.93. The van der Waals surface area contributed by atoms with Gasteiger partial charge in [0.15, 0.2) is 0 Å². The van der Waals surface area contributed by atoms with Crippen LogP contribution in [0.25, 0.3) is 0 Å². The largest absolute Gasteiger partial charge is 0.0623 e. The molecule has 30 heavy (non-hydrogen) atoms. The van der Waals surface area contributed by atoms with E-state index in [2.05, 4.69) is 0 Å². The molecule has 0 amide bonds. The summed E-state index contributed by atoms with van der Waals surface area (Å²) in [7, 11) is -18.0. The van der Waals surface area contributed by atoms with Gasteiger partial charge in [0, 0.05) is 0 Å². The fourth-order valence-corrected chi connectivity index (χ4v) is 0.385. The van der Waals surface area contributed by atoms with Gasteiger partial charge in [-0.05, 0) is 0 Å². The number of hydrogen-bond donors (Lipinski definition) is 0. The van der Waals surface area contributed by atoms with Crippen molar-refractivity contribution in [3.05, 3.63) is 36.4 Å². The van der Waals surface area contributed by atoms with Gasteiger partial charge in [0.2, 0.25) is 0 Å². The van der Waals surface area contributed by atoms with Crippen LogP contribution in [-0.4, -0.2) is 86.5 Å². The second kappa shape index (κ2) is 25.1. The SMILES string of the molecule is FC(F)F.FC(F)F.F[B-](F)(F)F.F[B-](F)(F)F.F[B-](F)(F)F.[KH].c1ccccc1. The van der Waals surface area contributed by atoms with Gasteiger partial charge in [-0.15, -0.1) is 0 Å². The monoisotopic (exact) mass is 519 g/mol. The van der Waals surface area contributed by atoms with Crippen molar-refractivity contribution in [2.24, 2.45) is 0 Å². The molecule has 0 saturated heterocycles. The molecule has 0 spiro atoms. The molecule has 0 fully saturated rings. The van der Waals surface area contributed by atoms with Crippen molar-refractivity contribution in [3.63, 3.8) is 0 Å². The van der Waals surface area contributed by atoms with Gasteiger partial charge in [-0.1, -0.05) is 36.4 Å². The topological polar surface area (TPSA) is 0 Å². The fourth-order valence-electron chi connectivity index (χ4n) is 0.385. The molecule has 1 rings (SSSR count). The summed E-state index contributed by atoms with van der Waals surface area (Å²) in [6, 6.07) is 12.0. The Labute approximate surface area is 200 Å². The molecule has 0 aromatic heterocycles. The van der Waals surface area contributed by atoms with E-state index < -0.39 is 35.1 Å². The maximum atomic E-state index is 9.75. The molecular weight excluding hydrogens is 510 g/mol. The average molecular weight is 519 g/mol. The minimum Gasteiger partial charge on any atom is -0.0623 e. The van der Waals surface area contributed by atoms with Crippen molar-refractivity contribution >= 4 is 73.1 Å². The Balaban J connectivity index is -0.0000000576. The molecule has 1 aromatic rings. The van der Waals surface area contributed by atoms with E-state index >= 15 is 0 Å². The second-order valence-corrected chi connectivity index (χ2v) is 3.13. The van der Waals surface area contributed by atoms with Crippen molar-refractivity contribution in [3.8, 4) is 0 Å². The van der Waals surface area contributed by atoms with Gasteiger partial charge >= 0.3 is 86.5 Å². The second-order valence-electron chi connectivity index (χ2n) is 3.13. The Bertz CT molecular complexity index is 322. The Morgan fingerprint density at radius 2 is 0.367 bits per heavy atom. The quantitative estimate of drug-likeness (QED) is 0.250. The van der Waals surface area contributed by atoms with Crippen molar-refractivity contribution < 1.29 is 78.1 Å². The Morgan fingerprint density at radius 1 is 0.333 bits per heavy atom. The van der Waals surface area contributed by atoms with Gasteiger partial charge in [-0.25, -0.2) is 0 Å². The summed E-state index contributed by atoms with van der Waals surface area (Å²) in [6.45, 7) is -7.33. The van der Waals surface area contributed by atoms with E-state index in [1.807, 2.05) is 36.4 Å². The van der Waals surface area contributed by atoms with Gasteiger partial charge in [0.1, 0.15) is 0 Å². The van der Waals surface area contributed by atoms with E-state index in [9.17, 15) is 78.1 Å². The van der Waals surface area contributed by atoms with Crippen molar-refractivity contribution in [2.75, 3.05) is 0 Å². The molecule has 0 atom stereocenters. The number of alkyl halides is 6. The van der Waals surface area contributed by atoms with Gasteiger partial charge in [0.25, 0.3) is 0 Å². The number of benzene rings is 1. The smallest absolute Gasteiger partial charge is 0.0623 e. The van der Waals surface area contributed by atoms with E-state index in [-0.39, 0.29) is 51.4 Å². The summed E-state index contributed by atoms with van der Waals surface area (Å²) >= 11 is 0. The minimum absolute atomic E-state index is 0.